The van der Waals surface area contributed by atoms with E-state index in [0.29, 0.717) is 0 Å². The van der Waals surface area contributed by atoms with Gasteiger partial charge in [0.1, 0.15) is 0 Å². The van der Waals surface area contributed by atoms with Crippen LogP contribution in [0, 0.1) is 0 Å². The smallest absolute Gasteiger partial charge is 0.0705 e. The summed E-state index contributed by atoms with van der Waals surface area (Å²) in [5.41, 5.74) is 3.28. The van der Waals surface area contributed by atoms with Crippen molar-refractivity contribution >= 4 is 22.5 Å². The highest BCUT2D eigenvalue weighted by Crippen LogP contribution is 2.29. The van der Waals surface area contributed by atoms with Gasteiger partial charge in [0.15, 0.2) is 0 Å². The van der Waals surface area contributed by atoms with Gasteiger partial charge in [0, 0.05) is 16.6 Å². The molecule has 0 radical (unpaired) electrons. The molecule has 0 aliphatic rings. The minimum Gasteiger partial charge on any atom is -0.306 e. The van der Waals surface area contributed by atoms with Gasteiger partial charge in [0.05, 0.1) is 11.6 Å². The number of rotatable bonds is 4. The first-order chi connectivity index (χ1) is 10.3. The molecule has 0 saturated carbocycles. The van der Waals surface area contributed by atoms with Gasteiger partial charge in [-0.25, -0.2) is 0 Å². The molecule has 0 bridgehead atoms. The molecule has 3 heteroatoms. The van der Waals surface area contributed by atoms with Crippen molar-refractivity contribution in [2.24, 2.45) is 0 Å². The van der Waals surface area contributed by atoms with Gasteiger partial charge < -0.3 is 5.32 Å². The highest BCUT2D eigenvalue weighted by atomic mass is 35.5. The van der Waals surface area contributed by atoms with Crippen LogP contribution in [-0.2, 0) is 0 Å². The molecule has 1 unspecified atom stereocenters. The molecule has 3 aromatic rings. The summed E-state index contributed by atoms with van der Waals surface area (Å²) >= 11 is 6.37. The van der Waals surface area contributed by atoms with Gasteiger partial charge in [0.25, 0.3) is 0 Å². The third-order valence-corrected chi connectivity index (χ3v) is 3.93. The lowest BCUT2D eigenvalue weighted by Gasteiger charge is -2.20. The minimum atomic E-state index is 0.0788. The molecule has 1 heterocycles. The molecule has 1 aromatic heterocycles. The van der Waals surface area contributed by atoms with Gasteiger partial charge in [0.2, 0.25) is 0 Å². The minimum absolute atomic E-state index is 0.0788. The molecule has 1 N–H and O–H groups in total. The molecule has 0 aliphatic heterocycles. The van der Waals surface area contributed by atoms with Crippen LogP contribution in [0.25, 0.3) is 10.9 Å². The summed E-state index contributed by atoms with van der Waals surface area (Å²) in [4.78, 5) is 4.44. The number of pyridine rings is 1. The lowest BCUT2D eigenvalue weighted by atomic mass is 9.97. The Morgan fingerprint density at radius 1 is 1.10 bits per heavy atom. The average molecular weight is 297 g/mol. The van der Waals surface area contributed by atoms with Gasteiger partial charge in [-0.3, -0.25) is 4.98 Å². The van der Waals surface area contributed by atoms with E-state index in [1.165, 1.54) is 5.56 Å². The van der Waals surface area contributed by atoms with E-state index in [-0.39, 0.29) is 6.04 Å². The Morgan fingerprint density at radius 2 is 1.95 bits per heavy atom. The first-order valence-electron chi connectivity index (χ1n) is 7.12. The molecule has 3 rings (SSSR count). The van der Waals surface area contributed by atoms with E-state index in [1.54, 1.807) is 0 Å². The summed E-state index contributed by atoms with van der Waals surface area (Å²) in [6.45, 7) is 2.97. The Kier molecular flexibility index (Phi) is 4.18. The van der Waals surface area contributed by atoms with E-state index in [9.17, 15) is 0 Å². The second-order valence-electron chi connectivity index (χ2n) is 4.97. The first-order valence-corrected chi connectivity index (χ1v) is 7.50. The molecular weight excluding hydrogens is 280 g/mol. The van der Waals surface area contributed by atoms with E-state index < -0.39 is 0 Å². The van der Waals surface area contributed by atoms with Crippen LogP contribution in [-0.4, -0.2) is 11.5 Å². The molecule has 21 heavy (non-hydrogen) atoms. The van der Waals surface area contributed by atoms with Crippen molar-refractivity contribution in [1.82, 2.24) is 10.3 Å². The maximum Gasteiger partial charge on any atom is 0.0705 e. The fourth-order valence-corrected chi connectivity index (χ4v) is 2.83. The molecule has 0 amide bonds. The number of fused-ring (bicyclic) bond motifs is 1. The fraction of sp³-hybridized carbons (Fsp3) is 0.167. The van der Waals surface area contributed by atoms with Gasteiger partial charge in [-0.05, 0) is 35.9 Å². The maximum absolute atomic E-state index is 6.37. The van der Waals surface area contributed by atoms with E-state index in [2.05, 4.69) is 47.6 Å². The predicted octanol–water partition coefficient (Wildman–Crippen LogP) is 4.59. The Hall–Kier alpha value is -1.90. The van der Waals surface area contributed by atoms with Crippen molar-refractivity contribution in [2.45, 2.75) is 13.0 Å². The van der Waals surface area contributed by atoms with Crippen LogP contribution in [0.15, 0.2) is 60.8 Å². The summed E-state index contributed by atoms with van der Waals surface area (Å²) < 4.78 is 0. The number of hydrogen-bond acceptors (Lipinski definition) is 2. The standard InChI is InChI=1S/C18H17ClN2/c1-2-20-18(15-7-3-4-8-16(15)19)14-10-9-13-6-5-11-21-17(13)12-14/h3-12,18,20H,2H2,1H3. The van der Waals surface area contributed by atoms with Crippen molar-refractivity contribution in [3.63, 3.8) is 0 Å². The van der Waals surface area contributed by atoms with Crippen molar-refractivity contribution in [3.05, 3.63) is 76.9 Å². The quantitative estimate of drug-likeness (QED) is 0.762. The summed E-state index contributed by atoms with van der Waals surface area (Å²) in [6, 6.07) is 18.5. The Morgan fingerprint density at radius 3 is 2.76 bits per heavy atom. The van der Waals surface area contributed by atoms with E-state index in [0.717, 1.165) is 28.0 Å². The zero-order valence-corrected chi connectivity index (χ0v) is 12.6. The van der Waals surface area contributed by atoms with Gasteiger partial charge >= 0.3 is 0 Å². The van der Waals surface area contributed by atoms with Crippen LogP contribution in [0.4, 0.5) is 0 Å². The highest BCUT2D eigenvalue weighted by Gasteiger charge is 2.16. The second kappa shape index (κ2) is 6.25. The zero-order chi connectivity index (χ0) is 14.7. The molecule has 0 saturated heterocycles. The van der Waals surface area contributed by atoms with Crippen LogP contribution in [0.2, 0.25) is 5.02 Å². The SMILES string of the molecule is CCNC(c1ccc2cccnc2c1)c1ccccc1Cl. The number of benzene rings is 2. The van der Waals surface area contributed by atoms with E-state index in [1.807, 2.05) is 30.5 Å². The number of nitrogens with one attached hydrogen (secondary N) is 1. The van der Waals surface area contributed by atoms with Gasteiger partial charge in [-0.1, -0.05) is 54.9 Å². The van der Waals surface area contributed by atoms with Gasteiger partial charge in [-0.15, -0.1) is 0 Å². The lowest BCUT2D eigenvalue weighted by Crippen LogP contribution is -2.22. The summed E-state index contributed by atoms with van der Waals surface area (Å²) in [6.07, 6.45) is 1.82. The topological polar surface area (TPSA) is 24.9 Å². The van der Waals surface area contributed by atoms with Crippen LogP contribution in [0.3, 0.4) is 0 Å². The molecule has 0 fully saturated rings. The van der Waals surface area contributed by atoms with E-state index in [4.69, 9.17) is 11.6 Å². The number of nitrogens with zero attached hydrogens (tertiary/aromatic N) is 1. The lowest BCUT2D eigenvalue weighted by molar-refractivity contribution is 0.631. The van der Waals surface area contributed by atoms with E-state index >= 15 is 0 Å². The second-order valence-corrected chi connectivity index (χ2v) is 5.37. The third kappa shape index (κ3) is 2.92. The molecule has 0 aliphatic carbocycles. The normalized spacial score (nSPS) is 12.5. The molecule has 2 nitrogen and oxygen atoms in total. The Bertz CT molecular complexity index is 755. The largest absolute Gasteiger partial charge is 0.306 e. The van der Waals surface area contributed by atoms with Crippen LogP contribution in [0.1, 0.15) is 24.1 Å². The van der Waals surface area contributed by atoms with Crippen molar-refractivity contribution in [1.29, 1.82) is 0 Å². The van der Waals surface area contributed by atoms with Gasteiger partial charge in [-0.2, -0.15) is 0 Å². The molecule has 2 aromatic carbocycles. The summed E-state index contributed by atoms with van der Waals surface area (Å²) in [5, 5.41) is 5.44. The molecular formula is C18H17ClN2. The van der Waals surface area contributed by atoms with Crippen LogP contribution < -0.4 is 5.32 Å². The van der Waals surface area contributed by atoms with Crippen molar-refractivity contribution in [2.75, 3.05) is 6.54 Å². The van der Waals surface area contributed by atoms with Crippen molar-refractivity contribution in [3.8, 4) is 0 Å². The third-order valence-electron chi connectivity index (χ3n) is 3.59. The summed E-state index contributed by atoms with van der Waals surface area (Å²) in [5.74, 6) is 0. The first kappa shape index (κ1) is 14.1. The fourth-order valence-electron chi connectivity index (χ4n) is 2.58. The summed E-state index contributed by atoms with van der Waals surface area (Å²) in [7, 11) is 0. The molecule has 1 atom stereocenters. The van der Waals surface area contributed by atoms with Crippen LogP contribution in [0.5, 0.6) is 0 Å². The number of aromatic nitrogens is 1. The van der Waals surface area contributed by atoms with Crippen molar-refractivity contribution < 1.29 is 0 Å². The zero-order valence-electron chi connectivity index (χ0n) is 11.9. The monoisotopic (exact) mass is 296 g/mol. The highest BCUT2D eigenvalue weighted by molar-refractivity contribution is 6.31. The van der Waals surface area contributed by atoms with Crippen LogP contribution >= 0.6 is 11.6 Å². The predicted molar refractivity (Wildman–Crippen MR) is 88.7 cm³/mol. The number of hydrogen-bond donors (Lipinski definition) is 1. The molecule has 0 spiro atoms. The average Bonchev–Trinajstić information content (AvgIpc) is 2.53. The maximum atomic E-state index is 6.37. The Balaban J connectivity index is 2.09. The number of halogens is 1. The molecule has 106 valence electrons. The Labute approximate surface area is 129 Å².